The molecule has 1 aromatic heterocycles. The number of hydrogen-bond donors (Lipinski definition) is 1. The van der Waals surface area contributed by atoms with Crippen LogP contribution in [0.1, 0.15) is 10.6 Å². The smallest absolute Gasteiger partial charge is 0.374 e. The highest BCUT2D eigenvalue weighted by atomic mass is 19.1. The predicted octanol–water partition coefficient (Wildman–Crippen LogP) is 1.95. The van der Waals surface area contributed by atoms with Crippen LogP contribution in [0, 0.1) is 5.82 Å². The van der Waals surface area contributed by atoms with Crippen molar-refractivity contribution >= 4 is 5.97 Å². The largest absolute Gasteiger partial charge is 0.486 e. The predicted molar refractivity (Wildman–Crippen MR) is 59.8 cm³/mol. The van der Waals surface area contributed by atoms with Gasteiger partial charge in [0.25, 0.3) is 0 Å². The molecule has 3 rings (SSSR count). The fraction of sp³-hybridized carbons (Fsp3) is 0.167. The van der Waals surface area contributed by atoms with Gasteiger partial charge in [-0.2, -0.15) is 0 Å². The number of carboxylic acids is 1. The van der Waals surface area contributed by atoms with E-state index in [2.05, 4.69) is 9.68 Å². The molecule has 1 aliphatic heterocycles. The molecule has 0 unspecified atom stereocenters. The number of ether oxygens (including phenoxy) is 2. The zero-order valence-electron chi connectivity index (χ0n) is 9.55. The molecule has 2 aromatic rings. The van der Waals surface area contributed by atoms with Gasteiger partial charge in [-0.05, 0) is 12.1 Å². The van der Waals surface area contributed by atoms with Crippen LogP contribution in [-0.2, 0) is 0 Å². The van der Waals surface area contributed by atoms with Crippen LogP contribution in [0.25, 0.3) is 11.3 Å². The molecule has 0 amide bonds. The summed E-state index contributed by atoms with van der Waals surface area (Å²) in [5, 5.41) is 12.3. The van der Waals surface area contributed by atoms with Gasteiger partial charge in [0.15, 0.2) is 17.3 Å². The second-order valence-electron chi connectivity index (χ2n) is 3.83. The third kappa shape index (κ3) is 1.88. The minimum absolute atomic E-state index is 0.00336. The summed E-state index contributed by atoms with van der Waals surface area (Å²) in [5.74, 6) is -1.96. The monoisotopic (exact) mass is 265 g/mol. The van der Waals surface area contributed by atoms with Crippen molar-refractivity contribution in [2.24, 2.45) is 0 Å². The molecule has 0 atom stereocenters. The number of hydrogen-bond acceptors (Lipinski definition) is 5. The lowest BCUT2D eigenvalue weighted by Crippen LogP contribution is -2.16. The van der Waals surface area contributed by atoms with E-state index in [0.717, 1.165) is 6.07 Å². The second-order valence-corrected chi connectivity index (χ2v) is 3.83. The van der Waals surface area contributed by atoms with Gasteiger partial charge in [-0.15, -0.1) is 0 Å². The zero-order valence-corrected chi connectivity index (χ0v) is 9.55. The highest BCUT2D eigenvalue weighted by Crippen LogP contribution is 2.38. The standard InChI is InChI=1S/C12H8FNO5/c13-10-6(7-5-9(12(15)16)19-14-7)1-2-8-11(10)18-4-3-17-8/h1-2,5H,3-4H2,(H,15,16). The van der Waals surface area contributed by atoms with Gasteiger partial charge in [-0.3, -0.25) is 0 Å². The van der Waals surface area contributed by atoms with Crippen LogP contribution in [-0.4, -0.2) is 29.4 Å². The Morgan fingerprint density at radius 1 is 1.32 bits per heavy atom. The van der Waals surface area contributed by atoms with Crippen LogP contribution in [0.5, 0.6) is 11.5 Å². The van der Waals surface area contributed by atoms with Gasteiger partial charge in [0.2, 0.25) is 5.76 Å². The van der Waals surface area contributed by atoms with Crippen LogP contribution in [0.2, 0.25) is 0 Å². The van der Waals surface area contributed by atoms with Crippen LogP contribution in [0.3, 0.4) is 0 Å². The fourth-order valence-corrected chi connectivity index (χ4v) is 1.78. The molecule has 1 aliphatic rings. The van der Waals surface area contributed by atoms with Gasteiger partial charge in [-0.1, -0.05) is 5.16 Å². The lowest BCUT2D eigenvalue weighted by atomic mass is 10.1. The highest BCUT2D eigenvalue weighted by molar-refractivity contribution is 5.85. The van der Waals surface area contributed by atoms with Crippen molar-refractivity contribution in [2.45, 2.75) is 0 Å². The first-order valence-corrected chi connectivity index (χ1v) is 5.45. The van der Waals surface area contributed by atoms with Crippen molar-refractivity contribution in [3.8, 4) is 22.8 Å². The van der Waals surface area contributed by atoms with Crippen LogP contribution in [0.4, 0.5) is 4.39 Å². The number of aromatic carboxylic acids is 1. The molecule has 1 N–H and O–H groups in total. The number of halogens is 1. The third-order valence-electron chi connectivity index (χ3n) is 2.65. The zero-order chi connectivity index (χ0) is 13.4. The molecule has 0 saturated carbocycles. The van der Waals surface area contributed by atoms with E-state index in [4.69, 9.17) is 14.6 Å². The van der Waals surface area contributed by atoms with E-state index >= 15 is 0 Å². The molecule has 7 heteroatoms. The molecule has 0 spiro atoms. The van der Waals surface area contributed by atoms with E-state index in [1.54, 1.807) is 6.07 Å². The molecular formula is C12H8FNO5. The summed E-state index contributed by atoms with van der Waals surface area (Å²) in [7, 11) is 0. The molecule has 0 fully saturated rings. The van der Waals surface area contributed by atoms with Crippen LogP contribution >= 0.6 is 0 Å². The Bertz CT molecular complexity index is 652. The van der Waals surface area contributed by atoms with E-state index in [1.165, 1.54) is 6.07 Å². The number of fused-ring (bicyclic) bond motifs is 1. The first kappa shape index (κ1) is 11.5. The maximum atomic E-state index is 14.2. The van der Waals surface area contributed by atoms with Gasteiger partial charge >= 0.3 is 5.97 Å². The number of aromatic nitrogens is 1. The van der Waals surface area contributed by atoms with Gasteiger partial charge in [0, 0.05) is 11.6 Å². The normalized spacial score (nSPS) is 13.3. The molecule has 0 bridgehead atoms. The van der Waals surface area contributed by atoms with Crippen molar-refractivity contribution in [3.05, 3.63) is 29.8 Å². The molecule has 6 nitrogen and oxygen atoms in total. The summed E-state index contributed by atoms with van der Waals surface area (Å²) in [4.78, 5) is 10.7. The number of carbonyl (C=O) groups is 1. The molecule has 19 heavy (non-hydrogen) atoms. The van der Waals surface area contributed by atoms with Crippen LogP contribution in [0.15, 0.2) is 22.7 Å². The maximum absolute atomic E-state index is 14.2. The quantitative estimate of drug-likeness (QED) is 0.893. The van der Waals surface area contributed by atoms with Gasteiger partial charge in [0.05, 0.1) is 0 Å². The minimum Gasteiger partial charge on any atom is -0.486 e. The van der Waals surface area contributed by atoms with E-state index in [-0.39, 0.29) is 29.4 Å². The van der Waals surface area contributed by atoms with E-state index in [1.807, 2.05) is 0 Å². The Morgan fingerprint density at radius 2 is 2.11 bits per heavy atom. The Balaban J connectivity index is 2.07. The maximum Gasteiger partial charge on any atom is 0.374 e. The summed E-state index contributed by atoms with van der Waals surface area (Å²) < 4.78 is 29.2. The molecular weight excluding hydrogens is 257 g/mol. The molecule has 2 heterocycles. The number of rotatable bonds is 2. The van der Waals surface area contributed by atoms with Gasteiger partial charge in [0.1, 0.15) is 18.9 Å². The molecule has 0 aliphatic carbocycles. The summed E-state index contributed by atoms with van der Waals surface area (Å²) in [6, 6.07) is 4.13. The molecule has 1 aromatic carbocycles. The third-order valence-corrected chi connectivity index (χ3v) is 2.65. The average molecular weight is 265 g/mol. The average Bonchev–Trinajstić information content (AvgIpc) is 2.89. The lowest BCUT2D eigenvalue weighted by molar-refractivity contribution is 0.0652. The Kier molecular flexibility index (Phi) is 2.59. The van der Waals surface area contributed by atoms with Crippen molar-refractivity contribution in [3.63, 3.8) is 0 Å². The number of carboxylic acid groups (broad SMARTS) is 1. The van der Waals surface area contributed by atoms with Crippen molar-refractivity contribution < 1.29 is 28.3 Å². The summed E-state index contributed by atoms with van der Waals surface area (Å²) >= 11 is 0. The van der Waals surface area contributed by atoms with Gasteiger partial charge < -0.3 is 19.1 Å². The summed E-state index contributed by atoms with van der Waals surface area (Å²) in [6.45, 7) is 0.617. The van der Waals surface area contributed by atoms with E-state index in [0.29, 0.717) is 12.4 Å². The topological polar surface area (TPSA) is 81.8 Å². The lowest BCUT2D eigenvalue weighted by Gasteiger charge is -2.19. The molecule has 98 valence electrons. The Morgan fingerprint density at radius 3 is 2.84 bits per heavy atom. The minimum atomic E-state index is -1.27. The number of nitrogens with zero attached hydrogens (tertiary/aromatic N) is 1. The van der Waals surface area contributed by atoms with E-state index < -0.39 is 11.8 Å². The van der Waals surface area contributed by atoms with Crippen molar-refractivity contribution in [1.82, 2.24) is 5.16 Å². The first-order chi connectivity index (χ1) is 9.16. The molecule has 0 saturated heterocycles. The highest BCUT2D eigenvalue weighted by Gasteiger charge is 2.22. The SMILES string of the molecule is O=C(O)c1cc(-c2ccc3c(c2F)OCCO3)no1. The van der Waals surface area contributed by atoms with Crippen molar-refractivity contribution in [2.75, 3.05) is 13.2 Å². The second kappa shape index (κ2) is 4.27. The Labute approximate surface area is 106 Å². The fourth-order valence-electron chi connectivity index (χ4n) is 1.78. The summed E-state index contributed by atoms with van der Waals surface area (Å²) in [6.07, 6.45) is 0. The van der Waals surface area contributed by atoms with E-state index in [9.17, 15) is 9.18 Å². The number of benzene rings is 1. The first-order valence-electron chi connectivity index (χ1n) is 5.45. The Hall–Kier alpha value is -2.57. The summed E-state index contributed by atoms with van der Waals surface area (Å²) in [5.41, 5.74) is 0.187. The van der Waals surface area contributed by atoms with Gasteiger partial charge in [-0.25, -0.2) is 9.18 Å². The van der Waals surface area contributed by atoms with Crippen LogP contribution < -0.4 is 9.47 Å². The molecule has 0 radical (unpaired) electrons. The van der Waals surface area contributed by atoms with Crippen molar-refractivity contribution in [1.29, 1.82) is 0 Å².